The normalized spacial score (nSPS) is 11.0. The molecule has 0 aliphatic carbocycles. The van der Waals surface area contributed by atoms with Gasteiger partial charge in [-0.05, 0) is 19.9 Å². The van der Waals surface area contributed by atoms with E-state index in [1.54, 1.807) is 0 Å². The van der Waals surface area contributed by atoms with Gasteiger partial charge in [0.15, 0.2) is 0 Å². The molecule has 1 heterocycles. The van der Waals surface area contributed by atoms with Crippen LogP contribution in [0.2, 0.25) is 0 Å². The Morgan fingerprint density at radius 2 is 2.50 bits per heavy atom. The van der Waals surface area contributed by atoms with E-state index in [-0.39, 0.29) is 0 Å². The van der Waals surface area contributed by atoms with E-state index in [4.69, 9.17) is 0 Å². The molecule has 1 aromatic rings. The molecule has 0 fully saturated rings. The predicted octanol–water partition coefficient (Wildman–Crippen LogP) is 1.94. The van der Waals surface area contributed by atoms with Crippen LogP contribution in [0.4, 0.5) is 0 Å². The summed E-state index contributed by atoms with van der Waals surface area (Å²) in [5.41, 5.74) is 0. The van der Waals surface area contributed by atoms with Crippen LogP contribution < -0.4 is 0 Å². The van der Waals surface area contributed by atoms with Crippen LogP contribution in [-0.4, -0.2) is 9.55 Å². The molecular weight excluding hydrogens is 124 g/mol. The van der Waals surface area contributed by atoms with Crippen molar-refractivity contribution in [3.8, 4) is 0 Å². The van der Waals surface area contributed by atoms with E-state index in [1.807, 2.05) is 31.5 Å². The van der Waals surface area contributed by atoms with Crippen molar-refractivity contribution >= 4 is 6.08 Å². The fraction of sp³-hybridized carbons (Fsp3) is 0.375. The molecule has 0 atom stereocenters. The lowest BCUT2D eigenvalue weighted by Gasteiger charge is -1.97. The number of aromatic nitrogens is 2. The smallest absolute Gasteiger partial charge is 0.132 e. The fourth-order valence-corrected chi connectivity index (χ4v) is 0.896. The van der Waals surface area contributed by atoms with Gasteiger partial charge >= 0.3 is 0 Å². The maximum atomic E-state index is 4.15. The van der Waals surface area contributed by atoms with E-state index in [9.17, 15) is 0 Å². The average Bonchev–Trinajstić information content (AvgIpc) is 2.36. The molecule has 0 unspecified atom stereocenters. The van der Waals surface area contributed by atoms with Crippen LogP contribution in [0.15, 0.2) is 18.5 Å². The third-order valence-electron chi connectivity index (χ3n) is 1.40. The predicted molar refractivity (Wildman–Crippen MR) is 42.6 cm³/mol. The van der Waals surface area contributed by atoms with E-state index in [2.05, 4.69) is 16.5 Å². The van der Waals surface area contributed by atoms with Gasteiger partial charge in [0.2, 0.25) is 0 Å². The van der Waals surface area contributed by atoms with Crippen LogP contribution in [-0.2, 0) is 6.54 Å². The number of nitrogens with zero attached hydrogens (tertiary/aromatic N) is 2. The van der Waals surface area contributed by atoms with Crippen LogP contribution in [0.3, 0.4) is 0 Å². The van der Waals surface area contributed by atoms with E-state index >= 15 is 0 Å². The second-order valence-corrected chi connectivity index (χ2v) is 2.07. The van der Waals surface area contributed by atoms with Crippen molar-refractivity contribution in [3.63, 3.8) is 0 Å². The summed E-state index contributed by atoms with van der Waals surface area (Å²) in [4.78, 5) is 4.15. The first-order valence-electron chi connectivity index (χ1n) is 3.52. The Balaban J connectivity index is 2.90. The molecular formula is C8H12N2. The second-order valence-electron chi connectivity index (χ2n) is 2.07. The van der Waals surface area contributed by atoms with Gasteiger partial charge in [0.25, 0.3) is 0 Å². The second kappa shape index (κ2) is 3.20. The summed E-state index contributed by atoms with van der Waals surface area (Å²) in [5.74, 6) is 1.03. The summed E-state index contributed by atoms with van der Waals surface area (Å²) < 4.78 is 2.10. The van der Waals surface area contributed by atoms with E-state index < -0.39 is 0 Å². The van der Waals surface area contributed by atoms with Crippen LogP contribution >= 0.6 is 0 Å². The number of rotatable bonds is 2. The molecule has 0 saturated carbocycles. The lowest BCUT2D eigenvalue weighted by atomic mass is 10.5. The lowest BCUT2D eigenvalue weighted by molar-refractivity contribution is 0.752. The summed E-state index contributed by atoms with van der Waals surface area (Å²) >= 11 is 0. The Morgan fingerprint density at radius 1 is 1.70 bits per heavy atom. The molecule has 1 aromatic heterocycles. The molecule has 0 N–H and O–H groups in total. The Labute approximate surface area is 61.2 Å². The molecule has 0 amide bonds. The highest BCUT2D eigenvalue weighted by molar-refractivity contribution is 5.39. The number of imidazole rings is 1. The summed E-state index contributed by atoms with van der Waals surface area (Å²) in [6.07, 6.45) is 7.80. The Hall–Kier alpha value is -1.05. The molecule has 0 radical (unpaired) electrons. The summed E-state index contributed by atoms with van der Waals surface area (Å²) in [6, 6.07) is 0. The minimum absolute atomic E-state index is 0.986. The molecule has 0 saturated heterocycles. The monoisotopic (exact) mass is 136 g/mol. The average molecular weight is 136 g/mol. The number of hydrogen-bond acceptors (Lipinski definition) is 1. The Kier molecular flexibility index (Phi) is 2.26. The molecule has 0 spiro atoms. The molecule has 10 heavy (non-hydrogen) atoms. The number of allylic oxidation sites excluding steroid dienone is 1. The van der Waals surface area contributed by atoms with Gasteiger partial charge in [-0.15, -0.1) is 0 Å². The van der Waals surface area contributed by atoms with Gasteiger partial charge in [0, 0.05) is 18.9 Å². The number of aryl methyl sites for hydroxylation is 1. The molecule has 54 valence electrons. The van der Waals surface area contributed by atoms with Gasteiger partial charge in [-0.3, -0.25) is 0 Å². The van der Waals surface area contributed by atoms with Gasteiger partial charge in [0.1, 0.15) is 5.82 Å². The first-order chi connectivity index (χ1) is 4.88. The number of hydrogen-bond donors (Lipinski definition) is 0. The fourth-order valence-electron chi connectivity index (χ4n) is 0.896. The van der Waals surface area contributed by atoms with Gasteiger partial charge in [0.05, 0.1) is 0 Å². The maximum absolute atomic E-state index is 4.15. The zero-order valence-corrected chi connectivity index (χ0v) is 6.41. The molecule has 0 aliphatic rings. The molecule has 0 aliphatic heterocycles. The van der Waals surface area contributed by atoms with Crippen molar-refractivity contribution in [1.29, 1.82) is 0 Å². The lowest BCUT2D eigenvalue weighted by Crippen LogP contribution is -1.94. The third-order valence-corrected chi connectivity index (χ3v) is 1.40. The van der Waals surface area contributed by atoms with Gasteiger partial charge in [-0.1, -0.05) is 6.08 Å². The van der Waals surface area contributed by atoms with Crippen LogP contribution in [0.5, 0.6) is 0 Å². The Bertz CT molecular complexity index is 223. The highest BCUT2D eigenvalue weighted by Gasteiger charge is 1.92. The highest BCUT2D eigenvalue weighted by Crippen LogP contribution is 1.98. The SMILES string of the molecule is CC=Cc1nccn1CC. The van der Waals surface area contributed by atoms with E-state index in [1.165, 1.54) is 0 Å². The molecule has 0 aromatic carbocycles. The van der Waals surface area contributed by atoms with Crippen molar-refractivity contribution in [3.05, 3.63) is 24.3 Å². The van der Waals surface area contributed by atoms with Crippen molar-refractivity contribution in [1.82, 2.24) is 9.55 Å². The quantitative estimate of drug-likeness (QED) is 0.607. The van der Waals surface area contributed by atoms with Crippen molar-refractivity contribution < 1.29 is 0 Å². The standard InChI is InChI=1S/C8H12N2/c1-3-5-8-9-6-7-10(8)4-2/h3,5-7H,4H2,1-2H3. The minimum atomic E-state index is 0.986. The molecule has 2 nitrogen and oxygen atoms in total. The summed E-state index contributed by atoms with van der Waals surface area (Å²) in [7, 11) is 0. The van der Waals surface area contributed by atoms with Gasteiger partial charge in [-0.2, -0.15) is 0 Å². The van der Waals surface area contributed by atoms with Gasteiger partial charge in [-0.25, -0.2) is 4.98 Å². The maximum Gasteiger partial charge on any atom is 0.132 e. The largest absolute Gasteiger partial charge is 0.332 e. The zero-order chi connectivity index (χ0) is 7.40. The molecule has 1 rings (SSSR count). The first-order valence-corrected chi connectivity index (χ1v) is 3.52. The van der Waals surface area contributed by atoms with Crippen molar-refractivity contribution in [2.45, 2.75) is 20.4 Å². The topological polar surface area (TPSA) is 17.8 Å². The van der Waals surface area contributed by atoms with Crippen molar-refractivity contribution in [2.24, 2.45) is 0 Å². The van der Waals surface area contributed by atoms with Crippen LogP contribution in [0.1, 0.15) is 19.7 Å². The summed E-state index contributed by atoms with van der Waals surface area (Å²) in [5, 5.41) is 0. The first kappa shape index (κ1) is 7.06. The highest BCUT2D eigenvalue weighted by atomic mass is 15.0. The minimum Gasteiger partial charge on any atom is -0.332 e. The zero-order valence-electron chi connectivity index (χ0n) is 6.41. The van der Waals surface area contributed by atoms with Gasteiger partial charge < -0.3 is 4.57 Å². The van der Waals surface area contributed by atoms with E-state index in [0.717, 1.165) is 12.4 Å². The summed E-state index contributed by atoms with van der Waals surface area (Å²) in [6.45, 7) is 5.09. The molecule has 0 bridgehead atoms. The van der Waals surface area contributed by atoms with Crippen LogP contribution in [0.25, 0.3) is 6.08 Å². The Morgan fingerprint density at radius 3 is 3.10 bits per heavy atom. The molecule has 2 heteroatoms. The third kappa shape index (κ3) is 1.26. The van der Waals surface area contributed by atoms with Crippen LogP contribution in [0, 0.1) is 0 Å². The van der Waals surface area contributed by atoms with E-state index in [0.29, 0.717) is 0 Å². The van der Waals surface area contributed by atoms with Crippen molar-refractivity contribution in [2.75, 3.05) is 0 Å².